The first-order valence-electron chi connectivity index (χ1n) is 10.00. The average Bonchev–Trinajstić information content (AvgIpc) is 3.21. The van der Waals surface area contributed by atoms with Gasteiger partial charge in [-0.2, -0.15) is 0 Å². The van der Waals surface area contributed by atoms with Gasteiger partial charge in [0.2, 0.25) is 0 Å². The second kappa shape index (κ2) is 7.59. The molecule has 0 amide bonds. The highest BCUT2D eigenvalue weighted by molar-refractivity contribution is 7.15. The number of rotatable bonds is 4. The molecule has 6 nitrogen and oxygen atoms in total. The number of nitrogens with one attached hydrogen (secondary N) is 2. The van der Waals surface area contributed by atoms with E-state index in [1.54, 1.807) is 16.7 Å². The Balaban J connectivity index is 1.26. The molecule has 1 aliphatic heterocycles. The number of hydrogen-bond acceptors (Lipinski definition) is 4. The largest absolute Gasteiger partial charge is 0.507 e. The zero-order chi connectivity index (χ0) is 19.8. The van der Waals surface area contributed by atoms with Crippen LogP contribution in [0.5, 0.6) is 5.75 Å². The van der Waals surface area contributed by atoms with Crippen LogP contribution < -0.4 is 15.4 Å². The van der Waals surface area contributed by atoms with Crippen molar-refractivity contribution >= 4 is 27.1 Å². The van der Waals surface area contributed by atoms with E-state index in [0.29, 0.717) is 5.75 Å². The summed E-state index contributed by atoms with van der Waals surface area (Å²) in [6.07, 6.45) is 1.77. The van der Waals surface area contributed by atoms with Crippen LogP contribution in [-0.2, 0) is 13.1 Å². The summed E-state index contributed by atoms with van der Waals surface area (Å²) in [5.74, 6) is 0.389. The molecule has 0 bridgehead atoms. The monoisotopic (exact) mass is 408 g/mol. The molecule has 0 radical (unpaired) electrons. The lowest BCUT2D eigenvalue weighted by Crippen LogP contribution is -3.27. The van der Waals surface area contributed by atoms with Crippen molar-refractivity contribution in [3.8, 4) is 5.75 Å². The molecule has 29 heavy (non-hydrogen) atoms. The first kappa shape index (κ1) is 18.3. The van der Waals surface area contributed by atoms with Crippen molar-refractivity contribution in [2.75, 3.05) is 26.2 Å². The van der Waals surface area contributed by atoms with Crippen LogP contribution in [0.3, 0.4) is 0 Å². The van der Waals surface area contributed by atoms with E-state index in [0.717, 1.165) is 60.9 Å². The standard InChI is InChI=1S/C22H22N4O2S/c27-20-6-5-16-3-1-2-4-18(16)19(20)15-25-9-7-24(8-10-25)14-17-13-21(28)26-11-12-29-22(26)23-17/h1-6,11-13,27H,7-10,14-15H2/p+2. The van der Waals surface area contributed by atoms with E-state index in [2.05, 4.69) is 17.1 Å². The highest BCUT2D eigenvalue weighted by atomic mass is 32.1. The Morgan fingerprint density at radius 1 is 1.03 bits per heavy atom. The van der Waals surface area contributed by atoms with Crippen LogP contribution in [0, 0.1) is 0 Å². The van der Waals surface area contributed by atoms with Crippen molar-refractivity contribution in [2.45, 2.75) is 13.1 Å². The van der Waals surface area contributed by atoms with Crippen LogP contribution >= 0.6 is 11.3 Å². The normalized spacial score (nSPS) is 19.7. The summed E-state index contributed by atoms with van der Waals surface area (Å²) in [7, 11) is 0. The van der Waals surface area contributed by atoms with Gasteiger partial charge in [-0.15, -0.1) is 11.3 Å². The van der Waals surface area contributed by atoms with Crippen molar-refractivity contribution in [3.63, 3.8) is 0 Å². The smallest absolute Gasteiger partial charge is 0.258 e. The number of fused-ring (bicyclic) bond motifs is 2. The number of phenols is 1. The molecule has 4 aromatic rings. The van der Waals surface area contributed by atoms with Gasteiger partial charge in [0.25, 0.3) is 5.56 Å². The summed E-state index contributed by atoms with van der Waals surface area (Å²) < 4.78 is 1.60. The van der Waals surface area contributed by atoms with Crippen LogP contribution in [0.15, 0.2) is 58.8 Å². The molecule has 0 aliphatic carbocycles. The fourth-order valence-corrected chi connectivity index (χ4v) is 5.04. The Bertz CT molecular complexity index is 1220. The van der Waals surface area contributed by atoms with Crippen molar-refractivity contribution in [1.82, 2.24) is 9.38 Å². The lowest BCUT2D eigenvalue weighted by atomic mass is 10.0. The SMILES string of the molecule is O=c1cc(C[NH+]2CC[NH+](Cc3c(O)ccc4ccccc34)CC2)nc2sccn12. The van der Waals surface area contributed by atoms with Gasteiger partial charge < -0.3 is 14.9 Å². The fraction of sp³-hybridized carbons (Fsp3) is 0.273. The molecule has 5 rings (SSSR count). The minimum Gasteiger partial charge on any atom is -0.507 e. The number of quaternary nitrogens is 2. The van der Waals surface area contributed by atoms with Crippen molar-refractivity contribution in [2.24, 2.45) is 0 Å². The molecule has 1 aliphatic rings. The Labute approximate surface area is 172 Å². The number of hydrogen-bond donors (Lipinski definition) is 3. The van der Waals surface area contributed by atoms with E-state index in [9.17, 15) is 9.90 Å². The van der Waals surface area contributed by atoms with Crippen molar-refractivity contribution in [1.29, 1.82) is 0 Å². The molecule has 0 spiro atoms. The third-order valence-corrected chi connectivity index (χ3v) is 6.65. The zero-order valence-electron chi connectivity index (χ0n) is 16.1. The highest BCUT2D eigenvalue weighted by Crippen LogP contribution is 2.26. The molecule has 7 heteroatoms. The van der Waals surface area contributed by atoms with Crippen LogP contribution in [0.4, 0.5) is 0 Å². The number of aromatic nitrogens is 2. The predicted octanol–water partition coefficient (Wildman–Crippen LogP) is 0.0984. The quantitative estimate of drug-likeness (QED) is 0.449. The van der Waals surface area contributed by atoms with Gasteiger partial charge >= 0.3 is 0 Å². The second-order valence-electron chi connectivity index (χ2n) is 7.78. The summed E-state index contributed by atoms with van der Waals surface area (Å²) in [4.78, 5) is 20.5. The van der Waals surface area contributed by atoms with Gasteiger partial charge in [0.15, 0.2) is 4.96 Å². The van der Waals surface area contributed by atoms with E-state index in [-0.39, 0.29) is 5.56 Å². The van der Waals surface area contributed by atoms with Crippen LogP contribution in [0.2, 0.25) is 0 Å². The van der Waals surface area contributed by atoms with Gasteiger partial charge in [-0.25, -0.2) is 4.98 Å². The number of piperazine rings is 1. The van der Waals surface area contributed by atoms with E-state index < -0.39 is 0 Å². The molecule has 3 heterocycles. The Morgan fingerprint density at radius 2 is 1.79 bits per heavy atom. The molecular weight excluding hydrogens is 384 g/mol. The molecular formula is C22H24N4O2S+2. The van der Waals surface area contributed by atoms with E-state index in [1.807, 2.05) is 29.6 Å². The maximum Gasteiger partial charge on any atom is 0.258 e. The molecule has 0 unspecified atom stereocenters. The summed E-state index contributed by atoms with van der Waals surface area (Å²) in [5.41, 5.74) is 1.92. The molecule has 1 saturated heterocycles. The average molecular weight is 409 g/mol. The fourth-order valence-electron chi connectivity index (χ4n) is 4.31. The second-order valence-corrected chi connectivity index (χ2v) is 8.65. The minimum atomic E-state index is 0.00124. The lowest BCUT2D eigenvalue weighted by molar-refractivity contribution is -1.02. The molecule has 0 saturated carbocycles. The number of nitrogens with zero attached hydrogens (tertiary/aromatic N) is 2. The Kier molecular flexibility index (Phi) is 4.79. The van der Waals surface area contributed by atoms with Gasteiger partial charge in [-0.1, -0.05) is 30.3 Å². The third-order valence-electron chi connectivity index (χ3n) is 5.89. The van der Waals surface area contributed by atoms with Gasteiger partial charge in [0, 0.05) is 17.6 Å². The maximum atomic E-state index is 12.2. The Morgan fingerprint density at radius 3 is 2.62 bits per heavy atom. The molecule has 148 valence electrons. The molecule has 3 N–H and O–H groups in total. The van der Waals surface area contributed by atoms with E-state index >= 15 is 0 Å². The molecule has 0 atom stereocenters. The summed E-state index contributed by atoms with van der Waals surface area (Å²) >= 11 is 1.50. The van der Waals surface area contributed by atoms with Gasteiger partial charge in [0.05, 0.1) is 5.56 Å². The molecule has 1 fully saturated rings. The Hall–Kier alpha value is -2.74. The topological polar surface area (TPSA) is 63.5 Å². The minimum absolute atomic E-state index is 0.00124. The van der Waals surface area contributed by atoms with Gasteiger partial charge in [0.1, 0.15) is 50.7 Å². The number of aromatic hydroxyl groups is 1. The van der Waals surface area contributed by atoms with E-state index in [4.69, 9.17) is 0 Å². The predicted molar refractivity (Wildman–Crippen MR) is 114 cm³/mol. The molecule has 2 aromatic heterocycles. The van der Waals surface area contributed by atoms with Crippen molar-refractivity contribution in [3.05, 3.63) is 75.7 Å². The summed E-state index contributed by atoms with van der Waals surface area (Å²) in [5, 5.41) is 14.6. The maximum absolute atomic E-state index is 12.2. The molecule has 2 aromatic carbocycles. The first-order chi connectivity index (χ1) is 14.2. The third kappa shape index (κ3) is 3.64. The zero-order valence-corrected chi connectivity index (χ0v) is 16.9. The van der Waals surface area contributed by atoms with E-state index in [1.165, 1.54) is 26.5 Å². The van der Waals surface area contributed by atoms with Crippen LogP contribution in [-0.4, -0.2) is 40.7 Å². The number of benzene rings is 2. The van der Waals surface area contributed by atoms with Crippen molar-refractivity contribution < 1.29 is 14.9 Å². The number of thiazole rings is 1. The van der Waals surface area contributed by atoms with Crippen LogP contribution in [0.25, 0.3) is 15.7 Å². The summed E-state index contributed by atoms with van der Waals surface area (Å²) in [6.45, 7) is 5.77. The van der Waals surface area contributed by atoms with Gasteiger partial charge in [-0.05, 0) is 16.8 Å². The summed E-state index contributed by atoms with van der Waals surface area (Å²) in [6, 6.07) is 13.7. The first-order valence-corrected chi connectivity index (χ1v) is 10.9. The number of phenolic OH excluding ortho intramolecular Hbond substituents is 1. The lowest BCUT2D eigenvalue weighted by Gasteiger charge is -2.30. The van der Waals surface area contributed by atoms with Gasteiger partial charge in [-0.3, -0.25) is 9.20 Å². The highest BCUT2D eigenvalue weighted by Gasteiger charge is 2.25. The van der Waals surface area contributed by atoms with Crippen LogP contribution in [0.1, 0.15) is 11.3 Å².